The fourth-order valence-electron chi connectivity index (χ4n) is 1.54. The summed E-state index contributed by atoms with van der Waals surface area (Å²) >= 11 is 5.83. The van der Waals surface area contributed by atoms with Gasteiger partial charge in [0, 0.05) is 11.2 Å². The Kier molecular flexibility index (Phi) is 4.82. The molecule has 2 aromatic carbocycles. The number of rotatable bonds is 4. The molecule has 0 atom stereocenters. The highest BCUT2D eigenvalue weighted by Gasteiger charge is 2.03. The second kappa shape index (κ2) is 7.00. The number of nitrogens with zero attached hydrogens (tertiary/aromatic N) is 2. The van der Waals surface area contributed by atoms with Crippen LogP contribution in [0.1, 0.15) is 0 Å². The number of nitriles is 2. The normalized spacial score (nSPS) is 9.10. The van der Waals surface area contributed by atoms with Gasteiger partial charge in [-0.2, -0.15) is 10.5 Å². The quantitative estimate of drug-likeness (QED) is 0.845. The maximum Gasteiger partial charge on any atom is 0.150 e. The molecule has 0 fully saturated rings. The predicted molar refractivity (Wildman–Crippen MR) is 80.9 cm³/mol. The van der Waals surface area contributed by atoms with Gasteiger partial charge >= 0.3 is 0 Å². The van der Waals surface area contributed by atoms with Crippen LogP contribution in [0.4, 0.5) is 5.69 Å². The van der Waals surface area contributed by atoms with Crippen LogP contribution >= 0.6 is 11.6 Å². The van der Waals surface area contributed by atoms with E-state index in [1.54, 1.807) is 48.5 Å². The van der Waals surface area contributed by atoms with Gasteiger partial charge in [-0.05, 0) is 36.4 Å². The third-order valence-electron chi connectivity index (χ3n) is 2.54. The fraction of sp³-hybridized carbons (Fsp3) is 0. The van der Waals surface area contributed by atoms with Crippen molar-refractivity contribution >= 4 is 17.3 Å². The van der Waals surface area contributed by atoms with Crippen LogP contribution in [0, 0.1) is 22.7 Å². The fourth-order valence-corrected chi connectivity index (χ4v) is 1.67. The Morgan fingerprint density at radius 2 is 1.71 bits per heavy atom. The molecule has 5 heteroatoms. The van der Waals surface area contributed by atoms with Crippen molar-refractivity contribution in [3.05, 3.63) is 65.3 Å². The van der Waals surface area contributed by atoms with Crippen molar-refractivity contribution < 1.29 is 4.74 Å². The van der Waals surface area contributed by atoms with Gasteiger partial charge in [-0.25, -0.2) is 0 Å². The van der Waals surface area contributed by atoms with Gasteiger partial charge in [-0.3, -0.25) is 0 Å². The lowest BCUT2D eigenvalue weighted by Gasteiger charge is -2.10. The minimum Gasteiger partial charge on any atom is -0.455 e. The molecule has 0 radical (unpaired) electrons. The number of hydrogen-bond acceptors (Lipinski definition) is 4. The maximum atomic E-state index is 8.71. The van der Waals surface area contributed by atoms with Crippen LogP contribution < -0.4 is 10.1 Å². The van der Waals surface area contributed by atoms with E-state index in [4.69, 9.17) is 26.9 Å². The van der Waals surface area contributed by atoms with Crippen molar-refractivity contribution in [2.75, 3.05) is 5.32 Å². The molecular weight excluding hydrogens is 286 g/mol. The van der Waals surface area contributed by atoms with E-state index in [9.17, 15) is 0 Å². The Bertz CT molecular complexity index is 723. The number of ether oxygens (including phenoxy) is 1. The van der Waals surface area contributed by atoms with Crippen molar-refractivity contribution in [3.8, 4) is 23.6 Å². The molecule has 0 aliphatic heterocycles. The summed E-state index contributed by atoms with van der Waals surface area (Å²) in [5.41, 5.74) is 0.631. The minimum atomic E-state index is -0.0173. The first kappa shape index (κ1) is 14.5. The van der Waals surface area contributed by atoms with Crippen LogP contribution in [0.2, 0.25) is 5.02 Å². The standard InChI is InChI=1S/C16H10ClN3O/c17-13-5-7-14(8-6-13)21-16-4-2-1-3-15(16)20-11-12(9-18)10-19/h1-8,11,20H. The van der Waals surface area contributed by atoms with Gasteiger partial charge in [-0.1, -0.05) is 23.7 Å². The molecule has 0 aliphatic carbocycles. The topological polar surface area (TPSA) is 68.8 Å². The summed E-state index contributed by atoms with van der Waals surface area (Å²) in [4.78, 5) is 0. The second-order valence-electron chi connectivity index (χ2n) is 3.98. The number of para-hydroxylation sites is 2. The van der Waals surface area contributed by atoms with Crippen molar-refractivity contribution in [1.82, 2.24) is 0 Å². The molecule has 0 heterocycles. The average Bonchev–Trinajstić information content (AvgIpc) is 2.52. The lowest BCUT2D eigenvalue weighted by Crippen LogP contribution is -1.94. The number of halogens is 1. The van der Waals surface area contributed by atoms with E-state index >= 15 is 0 Å². The highest BCUT2D eigenvalue weighted by Crippen LogP contribution is 2.29. The highest BCUT2D eigenvalue weighted by molar-refractivity contribution is 6.30. The summed E-state index contributed by atoms with van der Waals surface area (Å²) in [6, 6.07) is 17.8. The van der Waals surface area contributed by atoms with Gasteiger partial charge in [0.25, 0.3) is 0 Å². The van der Waals surface area contributed by atoms with Crippen molar-refractivity contribution in [3.63, 3.8) is 0 Å². The van der Waals surface area contributed by atoms with Crippen LogP contribution in [0.25, 0.3) is 0 Å². The molecule has 0 bridgehead atoms. The molecule has 0 unspecified atom stereocenters. The van der Waals surface area contributed by atoms with Crippen molar-refractivity contribution in [2.24, 2.45) is 0 Å². The lowest BCUT2D eigenvalue weighted by atomic mass is 10.2. The molecule has 1 N–H and O–H groups in total. The van der Waals surface area contributed by atoms with Crippen LogP contribution in [0.3, 0.4) is 0 Å². The molecule has 2 rings (SSSR count). The zero-order chi connectivity index (χ0) is 15.1. The molecule has 0 saturated carbocycles. The van der Waals surface area contributed by atoms with Crippen molar-refractivity contribution in [2.45, 2.75) is 0 Å². The molecule has 0 aromatic heterocycles. The summed E-state index contributed by atoms with van der Waals surface area (Å²) in [5, 5.41) is 20.9. The zero-order valence-electron chi connectivity index (χ0n) is 10.9. The van der Waals surface area contributed by atoms with E-state index < -0.39 is 0 Å². The van der Waals surface area contributed by atoms with Crippen LogP contribution in [-0.4, -0.2) is 0 Å². The number of anilines is 1. The Morgan fingerprint density at radius 1 is 1.05 bits per heavy atom. The van der Waals surface area contributed by atoms with Gasteiger partial charge in [0.2, 0.25) is 0 Å². The Balaban J connectivity index is 2.21. The smallest absolute Gasteiger partial charge is 0.150 e. The first-order valence-corrected chi connectivity index (χ1v) is 6.40. The minimum absolute atomic E-state index is 0.0173. The van der Waals surface area contributed by atoms with Gasteiger partial charge < -0.3 is 10.1 Å². The molecule has 21 heavy (non-hydrogen) atoms. The summed E-state index contributed by atoms with van der Waals surface area (Å²) in [5.74, 6) is 1.21. The third kappa shape index (κ3) is 4.01. The SMILES string of the molecule is N#CC(C#N)=CNc1ccccc1Oc1ccc(Cl)cc1. The van der Waals surface area contributed by atoms with Crippen molar-refractivity contribution in [1.29, 1.82) is 10.5 Å². The summed E-state index contributed by atoms with van der Waals surface area (Å²) < 4.78 is 5.75. The summed E-state index contributed by atoms with van der Waals surface area (Å²) in [7, 11) is 0. The second-order valence-corrected chi connectivity index (χ2v) is 4.41. The third-order valence-corrected chi connectivity index (χ3v) is 2.79. The first-order chi connectivity index (χ1) is 10.2. The molecule has 4 nitrogen and oxygen atoms in total. The average molecular weight is 296 g/mol. The lowest BCUT2D eigenvalue weighted by molar-refractivity contribution is 0.485. The Hall–Kier alpha value is -2.95. The summed E-state index contributed by atoms with van der Waals surface area (Å²) in [6.45, 7) is 0. The number of allylic oxidation sites excluding steroid dienone is 1. The first-order valence-electron chi connectivity index (χ1n) is 6.02. The molecular formula is C16H10ClN3O. The molecule has 0 saturated heterocycles. The number of benzene rings is 2. The molecule has 102 valence electrons. The van der Waals surface area contributed by atoms with Crippen LogP contribution in [-0.2, 0) is 0 Å². The number of hydrogen-bond donors (Lipinski definition) is 1. The Labute approximate surface area is 127 Å². The van der Waals surface area contributed by atoms with Gasteiger partial charge in [0.15, 0.2) is 5.75 Å². The van der Waals surface area contributed by atoms with E-state index in [0.29, 0.717) is 22.2 Å². The number of nitrogens with one attached hydrogen (secondary N) is 1. The predicted octanol–water partition coefficient (Wildman–Crippen LogP) is 4.48. The van der Waals surface area contributed by atoms with Gasteiger partial charge in [0.05, 0.1) is 5.69 Å². The molecule has 2 aromatic rings. The maximum absolute atomic E-state index is 8.71. The zero-order valence-corrected chi connectivity index (χ0v) is 11.6. The van der Waals surface area contributed by atoms with Crippen LogP contribution in [0.15, 0.2) is 60.3 Å². The van der Waals surface area contributed by atoms with Gasteiger partial charge in [0.1, 0.15) is 23.5 Å². The van der Waals surface area contributed by atoms with E-state index in [-0.39, 0.29) is 5.57 Å². The molecule has 0 aliphatic rings. The molecule has 0 amide bonds. The highest BCUT2D eigenvalue weighted by atomic mass is 35.5. The Morgan fingerprint density at radius 3 is 2.38 bits per heavy atom. The van der Waals surface area contributed by atoms with Gasteiger partial charge in [-0.15, -0.1) is 0 Å². The molecule has 0 spiro atoms. The summed E-state index contributed by atoms with van der Waals surface area (Å²) in [6.07, 6.45) is 1.34. The monoisotopic (exact) mass is 295 g/mol. The van der Waals surface area contributed by atoms with E-state index in [0.717, 1.165) is 0 Å². The van der Waals surface area contributed by atoms with E-state index in [1.165, 1.54) is 6.20 Å². The largest absolute Gasteiger partial charge is 0.455 e. The van der Waals surface area contributed by atoms with Crippen LogP contribution in [0.5, 0.6) is 11.5 Å². The van der Waals surface area contributed by atoms with E-state index in [1.807, 2.05) is 12.1 Å². The van der Waals surface area contributed by atoms with E-state index in [2.05, 4.69) is 5.32 Å².